The van der Waals surface area contributed by atoms with Crippen molar-refractivity contribution in [1.82, 2.24) is 0 Å². The van der Waals surface area contributed by atoms with Crippen LogP contribution in [-0.2, 0) is 0 Å². The first-order valence-corrected chi connectivity index (χ1v) is 22.6. The number of nitrogens with zero attached hydrogens (tertiary/aromatic N) is 1. The molecule has 2 nitrogen and oxygen atoms in total. The van der Waals surface area contributed by atoms with Crippen LogP contribution in [0.25, 0.3) is 110 Å². The lowest BCUT2D eigenvalue weighted by Gasteiger charge is -2.26. The van der Waals surface area contributed by atoms with Crippen molar-refractivity contribution in [2.75, 3.05) is 4.90 Å². The fourth-order valence-electron chi connectivity index (χ4n) is 10.1. The molecule has 13 rings (SSSR count). The molecule has 0 amide bonds. The number of furan rings is 1. The van der Waals surface area contributed by atoms with E-state index in [0.29, 0.717) is 0 Å². The molecule has 0 aliphatic rings. The van der Waals surface area contributed by atoms with Gasteiger partial charge >= 0.3 is 0 Å². The normalized spacial score (nSPS) is 11.6. The van der Waals surface area contributed by atoms with Gasteiger partial charge in [0.1, 0.15) is 11.2 Å². The quantitative estimate of drug-likeness (QED) is 0.149. The van der Waals surface area contributed by atoms with Crippen molar-refractivity contribution in [1.29, 1.82) is 0 Å². The molecular formula is C64H41NO. The van der Waals surface area contributed by atoms with E-state index in [1.165, 1.54) is 71.1 Å². The summed E-state index contributed by atoms with van der Waals surface area (Å²) in [6, 6.07) is 90.2. The van der Waals surface area contributed by atoms with E-state index >= 15 is 0 Å². The first kappa shape index (κ1) is 37.8. The molecule has 0 aliphatic carbocycles. The van der Waals surface area contributed by atoms with Crippen LogP contribution in [0, 0.1) is 0 Å². The van der Waals surface area contributed by atoms with Gasteiger partial charge in [-0.1, -0.05) is 194 Å². The zero-order valence-electron chi connectivity index (χ0n) is 36.0. The minimum absolute atomic E-state index is 0.896. The predicted octanol–water partition coefficient (Wildman–Crippen LogP) is 18.3. The van der Waals surface area contributed by atoms with Crippen molar-refractivity contribution in [2.45, 2.75) is 0 Å². The fraction of sp³-hybridized carbons (Fsp3) is 0. The van der Waals surface area contributed by atoms with Gasteiger partial charge < -0.3 is 9.32 Å². The second-order valence-electron chi connectivity index (χ2n) is 17.2. The van der Waals surface area contributed by atoms with Crippen molar-refractivity contribution >= 4 is 82.1 Å². The maximum Gasteiger partial charge on any atom is 0.143 e. The molecule has 0 atom stereocenters. The van der Waals surface area contributed by atoms with Crippen molar-refractivity contribution in [3.05, 3.63) is 249 Å². The Kier molecular flexibility index (Phi) is 8.89. The lowest BCUT2D eigenvalue weighted by molar-refractivity contribution is 0.673. The van der Waals surface area contributed by atoms with Gasteiger partial charge in [0.15, 0.2) is 0 Å². The average Bonchev–Trinajstić information content (AvgIpc) is 3.79. The molecule has 13 aromatic rings. The first-order chi connectivity index (χ1) is 32.7. The maximum absolute atomic E-state index is 6.56. The van der Waals surface area contributed by atoms with Gasteiger partial charge in [0, 0.05) is 33.2 Å². The van der Waals surface area contributed by atoms with Gasteiger partial charge in [0.25, 0.3) is 0 Å². The highest BCUT2D eigenvalue weighted by Gasteiger charge is 2.18. The zero-order chi connectivity index (χ0) is 43.6. The van der Waals surface area contributed by atoms with Crippen LogP contribution < -0.4 is 4.90 Å². The van der Waals surface area contributed by atoms with Crippen molar-refractivity contribution in [3.8, 4) is 44.5 Å². The predicted molar refractivity (Wildman–Crippen MR) is 280 cm³/mol. The van der Waals surface area contributed by atoms with E-state index in [-0.39, 0.29) is 0 Å². The minimum atomic E-state index is 0.896. The second-order valence-corrected chi connectivity index (χ2v) is 17.2. The molecular weight excluding hydrogens is 799 g/mol. The molecule has 0 saturated carbocycles. The van der Waals surface area contributed by atoms with E-state index in [0.717, 1.165) is 55.5 Å². The molecule has 0 aliphatic heterocycles. The van der Waals surface area contributed by atoms with Crippen LogP contribution in [0.2, 0.25) is 0 Å². The number of fused-ring (bicyclic) bond motifs is 9. The molecule has 66 heavy (non-hydrogen) atoms. The monoisotopic (exact) mass is 839 g/mol. The Bertz CT molecular complexity index is 3950. The number of hydrogen-bond acceptors (Lipinski definition) is 2. The molecule has 0 radical (unpaired) electrons. The number of hydrogen-bond donors (Lipinski definition) is 0. The summed E-state index contributed by atoms with van der Waals surface area (Å²) < 4.78 is 6.56. The fourth-order valence-corrected chi connectivity index (χ4v) is 10.1. The number of benzene rings is 12. The van der Waals surface area contributed by atoms with Crippen LogP contribution in [0.4, 0.5) is 17.1 Å². The molecule has 0 saturated heterocycles. The van der Waals surface area contributed by atoms with Crippen LogP contribution in [0.1, 0.15) is 0 Å². The van der Waals surface area contributed by atoms with E-state index in [2.05, 4.69) is 254 Å². The van der Waals surface area contributed by atoms with Gasteiger partial charge in [-0.05, 0) is 137 Å². The Morgan fingerprint density at radius 3 is 1.38 bits per heavy atom. The highest BCUT2D eigenvalue weighted by Crippen LogP contribution is 2.42. The summed E-state index contributed by atoms with van der Waals surface area (Å²) >= 11 is 0. The zero-order valence-corrected chi connectivity index (χ0v) is 36.0. The Balaban J connectivity index is 0.867. The molecule has 1 aromatic heterocycles. The highest BCUT2D eigenvalue weighted by atomic mass is 16.3. The Morgan fingerprint density at radius 2 is 0.682 bits per heavy atom. The van der Waals surface area contributed by atoms with E-state index in [4.69, 9.17) is 4.42 Å². The van der Waals surface area contributed by atoms with Gasteiger partial charge in [-0.15, -0.1) is 0 Å². The summed E-state index contributed by atoms with van der Waals surface area (Å²) in [6.45, 7) is 0. The molecule has 0 bridgehead atoms. The molecule has 0 N–H and O–H groups in total. The summed E-state index contributed by atoms with van der Waals surface area (Å²) in [5, 5.41) is 12.2. The molecule has 1 heterocycles. The minimum Gasteiger partial charge on any atom is -0.455 e. The standard InChI is InChI=1S/C64H41NO/c1-4-13-55-45(9-1)12-7-16-57(55)48-21-19-42(20-22-48)43-25-33-52(34-26-43)65(53-35-27-44(28-36-53)50-32-39-58-51(41-50)24-23-46-10-2-5-14-56(46)58)54-37-29-49(30-38-54)59-17-8-18-62-63(59)61-40-31-47-11-3-6-15-60(47)64(61)66-62/h1-41H. The third-order valence-corrected chi connectivity index (χ3v) is 13.5. The highest BCUT2D eigenvalue weighted by molar-refractivity contribution is 6.19. The summed E-state index contributed by atoms with van der Waals surface area (Å²) in [4.78, 5) is 2.35. The van der Waals surface area contributed by atoms with Gasteiger partial charge in [-0.3, -0.25) is 0 Å². The molecule has 0 spiro atoms. The lowest BCUT2D eigenvalue weighted by Crippen LogP contribution is -2.09. The SMILES string of the molecule is c1ccc2c(-c3ccc(-c4ccc(N(c5ccc(-c6ccc7c(ccc8ccccc87)c6)cc5)c5ccc(-c6cccc7oc8c9ccccc9ccc8c67)cc5)cc4)cc3)cccc2c1. The first-order valence-electron chi connectivity index (χ1n) is 22.6. The van der Waals surface area contributed by atoms with Crippen molar-refractivity contribution < 1.29 is 4.42 Å². The summed E-state index contributed by atoms with van der Waals surface area (Å²) in [7, 11) is 0. The molecule has 2 heteroatoms. The van der Waals surface area contributed by atoms with Crippen molar-refractivity contribution in [2.24, 2.45) is 0 Å². The molecule has 0 fully saturated rings. The summed E-state index contributed by atoms with van der Waals surface area (Å²) in [5.41, 5.74) is 14.6. The van der Waals surface area contributed by atoms with Crippen LogP contribution in [0.15, 0.2) is 253 Å². The van der Waals surface area contributed by atoms with E-state index < -0.39 is 0 Å². The number of rotatable bonds is 7. The van der Waals surface area contributed by atoms with Gasteiger partial charge in [0.2, 0.25) is 0 Å². The van der Waals surface area contributed by atoms with Crippen LogP contribution in [0.3, 0.4) is 0 Å². The lowest BCUT2D eigenvalue weighted by atomic mass is 9.96. The summed E-state index contributed by atoms with van der Waals surface area (Å²) in [6.07, 6.45) is 0. The van der Waals surface area contributed by atoms with Gasteiger partial charge in [-0.25, -0.2) is 0 Å². The van der Waals surface area contributed by atoms with Crippen LogP contribution in [0.5, 0.6) is 0 Å². The van der Waals surface area contributed by atoms with Crippen LogP contribution >= 0.6 is 0 Å². The van der Waals surface area contributed by atoms with Crippen LogP contribution in [-0.4, -0.2) is 0 Å². The average molecular weight is 840 g/mol. The Hall–Kier alpha value is -8.72. The Labute approximate surface area is 382 Å². The van der Waals surface area contributed by atoms with E-state index in [1.807, 2.05) is 0 Å². The number of anilines is 3. The molecule has 308 valence electrons. The summed E-state index contributed by atoms with van der Waals surface area (Å²) in [5.74, 6) is 0. The smallest absolute Gasteiger partial charge is 0.143 e. The topological polar surface area (TPSA) is 16.4 Å². The Morgan fingerprint density at radius 1 is 0.258 bits per heavy atom. The van der Waals surface area contributed by atoms with E-state index in [9.17, 15) is 0 Å². The second kappa shape index (κ2) is 15.5. The van der Waals surface area contributed by atoms with Crippen molar-refractivity contribution in [3.63, 3.8) is 0 Å². The third kappa shape index (κ3) is 6.42. The van der Waals surface area contributed by atoms with E-state index in [1.54, 1.807) is 0 Å². The third-order valence-electron chi connectivity index (χ3n) is 13.5. The van der Waals surface area contributed by atoms with Gasteiger partial charge in [0.05, 0.1) is 0 Å². The molecule has 12 aromatic carbocycles. The largest absolute Gasteiger partial charge is 0.455 e. The molecule has 0 unspecified atom stereocenters. The van der Waals surface area contributed by atoms with Gasteiger partial charge in [-0.2, -0.15) is 0 Å². The maximum atomic E-state index is 6.56.